The molecular formula is C25H18Cl2N2O4. The van der Waals surface area contributed by atoms with Crippen LogP contribution >= 0.6 is 23.2 Å². The van der Waals surface area contributed by atoms with Gasteiger partial charge in [0.25, 0.3) is 5.91 Å². The second-order valence-corrected chi connectivity index (χ2v) is 7.86. The van der Waals surface area contributed by atoms with Crippen LogP contribution in [-0.2, 0) is 4.79 Å². The Hall–Kier alpha value is -3.74. The van der Waals surface area contributed by atoms with Crippen LogP contribution in [0.1, 0.15) is 16.1 Å². The summed E-state index contributed by atoms with van der Waals surface area (Å²) in [5, 5.41) is 7.15. The Bertz CT molecular complexity index is 1330. The smallest absolute Gasteiger partial charge is 0.291 e. The summed E-state index contributed by atoms with van der Waals surface area (Å²) < 4.78 is 10.8. The van der Waals surface area contributed by atoms with Gasteiger partial charge in [0.2, 0.25) is 5.91 Å². The molecule has 166 valence electrons. The molecule has 4 aromatic rings. The Morgan fingerprint density at radius 2 is 1.64 bits per heavy atom. The summed E-state index contributed by atoms with van der Waals surface area (Å²) in [6.07, 6.45) is 2.91. The van der Waals surface area contributed by atoms with Crippen molar-refractivity contribution in [2.24, 2.45) is 0 Å². The molecule has 0 radical (unpaired) electrons. The molecule has 0 atom stereocenters. The third kappa shape index (κ3) is 5.37. The molecule has 6 nitrogen and oxygen atoms in total. The minimum absolute atomic E-state index is 0.218. The van der Waals surface area contributed by atoms with Crippen molar-refractivity contribution in [3.05, 3.63) is 94.2 Å². The number of rotatable bonds is 6. The molecule has 0 saturated carbocycles. The topological polar surface area (TPSA) is 80.6 Å². The number of hydrogen-bond donors (Lipinski definition) is 2. The molecule has 0 aliphatic rings. The van der Waals surface area contributed by atoms with Crippen molar-refractivity contribution in [1.29, 1.82) is 0 Å². The van der Waals surface area contributed by atoms with Crippen molar-refractivity contribution in [1.82, 2.24) is 0 Å². The minimum atomic E-state index is -0.361. The molecule has 33 heavy (non-hydrogen) atoms. The van der Waals surface area contributed by atoms with Crippen molar-refractivity contribution in [2.75, 3.05) is 17.7 Å². The van der Waals surface area contributed by atoms with Crippen molar-refractivity contribution in [3.63, 3.8) is 0 Å². The molecule has 0 aliphatic carbocycles. The molecule has 0 saturated heterocycles. The van der Waals surface area contributed by atoms with Crippen LogP contribution in [-0.4, -0.2) is 18.9 Å². The van der Waals surface area contributed by atoms with Crippen LogP contribution in [0, 0.1) is 0 Å². The highest BCUT2D eigenvalue weighted by molar-refractivity contribution is 6.36. The monoisotopic (exact) mass is 480 g/mol. The maximum atomic E-state index is 12.5. The molecule has 0 spiro atoms. The van der Waals surface area contributed by atoms with E-state index in [-0.39, 0.29) is 17.6 Å². The van der Waals surface area contributed by atoms with E-state index >= 15 is 0 Å². The summed E-state index contributed by atoms with van der Waals surface area (Å²) >= 11 is 12.1. The first-order valence-electron chi connectivity index (χ1n) is 9.85. The zero-order valence-electron chi connectivity index (χ0n) is 17.4. The van der Waals surface area contributed by atoms with Gasteiger partial charge in [-0.05, 0) is 54.6 Å². The van der Waals surface area contributed by atoms with E-state index in [4.69, 9.17) is 32.4 Å². The van der Waals surface area contributed by atoms with Crippen LogP contribution in [0.2, 0.25) is 10.0 Å². The number of anilines is 2. The second-order valence-electron chi connectivity index (χ2n) is 7.01. The summed E-state index contributed by atoms with van der Waals surface area (Å²) in [7, 11) is 1.49. The molecule has 8 heteroatoms. The highest BCUT2D eigenvalue weighted by Crippen LogP contribution is 2.33. The number of fused-ring (bicyclic) bond motifs is 1. The highest BCUT2D eigenvalue weighted by atomic mass is 35.5. The van der Waals surface area contributed by atoms with Gasteiger partial charge in [-0.15, -0.1) is 0 Å². The lowest BCUT2D eigenvalue weighted by Crippen LogP contribution is -2.11. The van der Waals surface area contributed by atoms with Gasteiger partial charge >= 0.3 is 0 Å². The van der Waals surface area contributed by atoms with Gasteiger partial charge in [-0.1, -0.05) is 41.4 Å². The number of carbonyl (C=O) groups excluding carboxylic acids is 2. The molecule has 2 amide bonds. The van der Waals surface area contributed by atoms with E-state index in [1.807, 2.05) is 18.2 Å². The summed E-state index contributed by atoms with van der Waals surface area (Å²) in [4.78, 5) is 24.8. The van der Waals surface area contributed by atoms with E-state index in [1.165, 1.54) is 13.2 Å². The Morgan fingerprint density at radius 1 is 0.939 bits per heavy atom. The number of nitrogens with one attached hydrogen (secondary N) is 2. The largest absolute Gasteiger partial charge is 0.495 e. The molecule has 0 unspecified atom stereocenters. The predicted octanol–water partition coefficient (Wildman–Crippen LogP) is 6.65. The lowest BCUT2D eigenvalue weighted by molar-refractivity contribution is -0.111. The van der Waals surface area contributed by atoms with E-state index in [9.17, 15) is 9.59 Å². The quantitative estimate of drug-likeness (QED) is 0.302. The molecule has 1 aromatic heterocycles. The first-order chi connectivity index (χ1) is 15.9. The van der Waals surface area contributed by atoms with Crippen molar-refractivity contribution in [2.45, 2.75) is 0 Å². The Labute approximate surface area is 199 Å². The van der Waals surface area contributed by atoms with Crippen LogP contribution in [0.25, 0.3) is 17.0 Å². The zero-order chi connectivity index (χ0) is 23.4. The highest BCUT2D eigenvalue weighted by Gasteiger charge is 2.12. The van der Waals surface area contributed by atoms with E-state index in [0.29, 0.717) is 38.3 Å². The fourth-order valence-electron chi connectivity index (χ4n) is 3.19. The second kappa shape index (κ2) is 9.81. The molecule has 0 aliphatic heterocycles. The van der Waals surface area contributed by atoms with Gasteiger partial charge < -0.3 is 19.8 Å². The molecule has 1 heterocycles. The first-order valence-corrected chi connectivity index (χ1v) is 10.6. The van der Waals surface area contributed by atoms with Crippen molar-refractivity contribution < 1.29 is 18.7 Å². The Kier molecular flexibility index (Phi) is 6.68. The first kappa shape index (κ1) is 22.5. The zero-order valence-corrected chi connectivity index (χ0v) is 18.9. The Balaban J connectivity index is 1.39. The number of para-hydroxylation sites is 1. The molecule has 0 fully saturated rings. The number of methoxy groups -OCH3 is 1. The van der Waals surface area contributed by atoms with Gasteiger partial charge in [-0.2, -0.15) is 0 Å². The van der Waals surface area contributed by atoms with Gasteiger partial charge in [0.05, 0.1) is 12.1 Å². The van der Waals surface area contributed by atoms with Crippen LogP contribution in [0.4, 0.5) is 11.4 Å². The summed E-state index contributed by atoms with van der Waals surface area (Å²) in [6, 6.07) is 19.0. The van der Waals surface area contributed by atoms with Crippen LogP contribution in [0.15, 0.2) is 77.2 Å². The SMILES string of the molecule is COc1c(Cl)cc(Cl)cc1/C=C/C(=O)Nc1ccc(NC(=O)c2cc3ccccc3o2)cc1. The molecule has 0 bridgehead atoms. The number of carbonyl (C=O) groups is 2. The molecule has 4 rings (SSSR count). The average molecular weight is 481 g/mol. The molecule has 3 aromatic carbocycles. The third-order valence-electron chi connectivity index (χ3n) is 4.72. The van der Waals surface area contributed by atoms with Crippen LogP contribution < -0.4 is 15.4 Å². The molecule has 2 N–H and O–H groups in total. The fraction of sp³-hybridized carbons (Fsp3) is 0.0400. The summed E-state index contributed by atoms with van der Waals surface area (Å²) in [5.41, 5.74) is 2.34. The number of amides is 2. The number of furan rings is 1. The average Bonchev–Trinajstić information content (AvgIpc) is 3.23. The number of benzene rings is 3. The van der Waals surface area contributed by atoms with Gasteiger partial charge in [0.15, 0.2) is 5.76 Å². The third-order valence-corrected chi connectivity index (χ3v) is 5.21. The fourth-order valence-corrected chi connectivity index (χ4v) is 3.78. The minimum Gasteiger partial charge on any atom is -0.495 e. The summed E-state index contributed by atoms with van der Waals surface area (Å²) in [5.74, 6) is -0.0720. The van der Waals surface area contributed by atoms with Gasteiger partial charge in [-0.3, -0.25) is 9.59 Å². The van der Waals surface area contributed by atoms with Gasteiger partial charge in [0, 0.05) is 33.4 Å². The number of ether oxygens (including phenoxy) is 1. The van der Waals surface area contributed by atoms with Gasteiger partial charge in [-0.25, -0.2) is 0 Å². The standard InChI is InChI=1S/C25H18Cl2N2O4/c1-32-24-16(12-17(26)14-20(24)27)6-11-23(30)28-18-7-9-19(10-8-18)29-25(31)22-13-15-4-2-3-5-21(15)33-22/h2-14H,1H3,(H,28,30)(H,29,31)/b11-6+. The number of hydrogen-bond acceptors (Lipinski definition) is 4. The maximum Gasteiger partial charge on any atom is 0.291 e. The predicted molar refractivity (Wildman–Crippen MR) is 131 cm³/mol. The lowest BCUT2D eigenvalue weighted by Gasteiger charge is -2.08. The van der Waals surface area contributed by atoms with E-state index in [2.05, 4.69) is 10.6 Å². The van der Waals surface area contributed by atoms with E-state index in [0.717, 1.165) is 5.39 Å². The van der Waals surface area contributed by atoms with Gasteiger partial charge in [0.1, 0.15) is 11.3 Å². The van der Waals surface area contributed by atoms with Crippen LogP contribution in [0.5, 0.6) is 5.75 Å². The molecular weight excluding hydrogens is 463 g/mol. The van der Waals surface area contributed by atoms with E-state index < -0.39 is 0 Å². The lowest BCUT2D eigenvalue weighted by atomic mass is 10.2. The maximum absolute atomic E-state index is 12.5. The van der Waals surface area contributed by atoms with Crippen LogP contribution in [0.3, 0.4) is 0 Å². The van der Waals surface area contributed by atoms with E-state index in [1.54, 1.807) is 54.6 Å². The van der Waals surface area contributed by atoms with Crippen molar-refractivity contribution >= 4 is 63.4 Å². The number of halogens is 2. The normalized spacial score (nSPS) is 11.0. The summed E-state index contributed by atoms with van der Waals surface area (Å²) in [6.45, 7) is 0. The Morgan fingerprint density at radius 3 is 2.33 bits per heavy atom. The van der Waals surface area contributed by atoms with Crippen molar-refractivity contribution in [3.8, 4) is 5.75 Å².